The minimum absolute atomic E-state index is 0.0820. The van der Waals surface area contributed by atoms with Gasteiger partial charge in [0.15, 0.2) is 0 Å². The first-order valence-corrected chi connectivity index (χ1v) is 8.94. The third kappa shape index (κ3) is 4.21. The maximum absolute atomic E-state index is 11.7. The summed E-state index contributed by atoms with van der Waals surface area (Å²) in [5.74, 6) is 0.815. The first-order valence-electron chi connectivity index (χ1n) is 8.94. The lowest BCUT2D eigenvalue weighted by atomic mass is 9.81. The number of benzene rings is 2. The SMILES string of the molecule is CC(C)Oc1ccccc1C[C@@](O)(c1ccccc1)C1CNCCO1. The number of rotatable bonds is 6. The Morgan fingerprint density at radius 1 is 1.16 bits per heavy atom. The number of para-hydroxylation sites is 1. The van der Waals surface area contributed by atoms with E-state index >= 15 is 0 Å². The summed E-state index contributed by atoms with van der Waals surface area (Å²) in [5.41, 5.74) is 0.727. The molecule has 1 fully saturated rings. The van der Waals surface area contributed by atoms with Crippen molar-refractivity contribution in [2.45, 2.75) is 38.1 Å². The summed E-state index contributed by atoms with van der Waals surface area (Å²) < 4.78 is 11.9. The Bertz CT molecular complexity index is 668. The van der Waals surface area contributed by atoms with Crippen LogP contribution >= 0.6 is 0 Å². The lowest BCUT2D eigenvalue weighted by Gasteiger charge is -2.39. The summed E-state index contributed by atoms with van der Waals surface area (Å²) in [5, 5.41) is 15.0. The highest BCUT2D eigenvalue weighted by Crippen LogP contribution is 2.35. The molecular formula is C21H27NO3. The third-order valence-electron chi connectivity index (χ3n) is 4.53. The highest BCUT2D eigenvalue weighted by molar-refractivity contribution is 5.37. The van der Waals surface area contributed by atoms with Crippen molar-refractivity contribution in [3.63, 3.8) is 0 Å². The van der Waals surface area contributed by atoms with E-state index in [4.69, 9.17) is 9.47 Å². The van der Waals surface area contributed by atoms with Crippen LogP contribution in [-0.2, 0) is 16.8 Å². The zero-order valence-corrected chi connectivity index (χ0v) is 14.9. The third-order valence-corrected chi connectivity index (χ3v) is 4.53. The molecule has 0 radical (unpaired) electrons. The topological polar surface area (TPSA) is 50.7 Å². The summed E-state index contributed by atoms with van der Waals surface area (Å²) in [7, 11) is 0. The molecule has 134 valence electrons. The van der Waals surface area contributed by atoms with Crippen molar-refractivity contribution in [2.75, 3.05) is 19.7 Å². The van der Waals surface area contributed by atoms with Crippen LogP contribution in [-0.4, -0.2) is 37.0 Å². The van der Waals surface area contributed by atoms with E-state index < -0.39 is 5.60 Å². The molecule has 1 aliphatic rings. The van der Waals surface area contributed by atoms with Gasteiger partial charge >= 0.3 is 0 Å². The van der Waals surface area contributed by atoms with Crippen LogP contribution in [0.25, 0.3) is 0 Å². The molecule has 0 spiro atoms. The molecular weight excluding hydrogens is 314 g/mol. The zero-order valence-electron chi connectivity index (χ0n) is 14.9. The van der Waals surface area contributed by atoms with Gasteiger partial charge in [-0.2, -0.15) is 0 Å². The normalized spacial score (nSPS) is 20.2. The van der Waals surface area contributed by atoms with Gasteiger partial charge in [0.05, 0.1) is 12.7 Å². The van der Waals surface area contributed by atoms with Crippen molar-refractivity contribution < 1.29 is 14.6 Å². The fraction of sp³-hybridized carbons (Fsp3) is 0.429. The minimum atomic E-state index is -1.12. The Labute approximate surface area is 149 Å². The van der Waals surface area contributed by atoms with Crippen LogP contribution in [0.3, 0.4) is 0 Å². The minimum Gasteiger partial charge on any atom is -0.491 e. The van der Waals surface area contributed by atoms with Gasteiger partial charge < -0.3 is 19.9 Å². The second-order valence-electron chi connectivity index (χ2n) is 6.80. The molecule has 1 aliphatic heterocycles. The molecule has 3 rings (SSSR count). The van der Waals surface area contributed by atoms with Gasteiger partial charge in [0.2, 0.25) is 0 Å². The van der Waals surface area contributed by atoms with E-state index in [1.807, 2.05) is 68.4 Å². The zero-order chi connectivity index (χ0) is 17.7. The molecule has 2 aromatic carbocycles. The smallest absolute Gasteiger partial charge is 0.122 e. The number of morpholine rings is 1. The maximum Gasteiger partial charge on any atom is 0.122 e. The van der Waals surface area contributed by atoms with Crippen LogP contribution in [0.5, 0.6) is 5.75 Å². The maximum atomic E-state index is 11.7. The van der Waals surface area contributed by atoms with Gasteiger partial charge in [-0.05, 0) is 31.0 Å². The van der Waals surface area contributed by atoms with Crippen molar-refractivity contribution in [3.8, 4) is 5.75 Å². The average molecular weight is 341 g/mol. The summed E-state index contributed by atoms with van der Waals surface area (Å²) in [6, 6.07) is 17.7. The van der Waals surface area contributed by atoms with Crippen molar-refractivity contribution in [3.05, 3.63) is 65.7 Å². The van der Waals surface area contributed by atoms with E-state index in [0.717, 1.165) is 23.4 Å². The number of hydrogen-bond donors (Lipinski definition) is 2. The highest BCUT2D eigenvalue weighted by Gasteiger charge is 2.41. The van der Waals surface area contributed by atoms with Gasteiger partial charge in [-0.3, -0.25) is 0 Å². The lowest BCUT2D eigenvalue weighted by Crippen LogP contribution is -2.52. The Morgan fingerprint density at radius 3 is 2.56 bits per heavy atom. The van der Waals surface area contributed by atoms with Crippen molar-refractivity contribution >= 4 is 0 Å². The van der Waals surface area contributed by atoms with E-state index in [1.165, 1.54) is 0 Å². The lowest BCUT2D eigenvalue weighted by molar-refractivity contribution is -0.124. The van der Waals surface area contributed by atoms with Crippen LogP contribution in [0.15, 0.2) is 54.6 Å². The van der Waals surface area contributed by atoms with Crippen LogP contribution < -0.4 is 10.1 Å². The van der Waals surface area contributed by atoms with E-state index in [2.05, 4.69) is 5.32 Å². The van der Waals surface area contributed by atoms with Crippen LogP contribution in [0.4, 0.5) is 0 Å². The van der Waals surface area contributed by atoms with Gasteiger partial charge in [0, 0.05) is 19.5 Å². The van der Waals surface area contributed by atoms with Crippen molar-refractivity contribution in [1.82, 2.24) is 5.32 Å². The average Bonchev–Trinajstić information content (AvgIpc) is 2.64. The molecule has 0 bridgehead atoms. The Morgan fingerprint density at radius 2 is 1.88 bits per heavy atom. The van der Waals surface area contributed by atoms with Gasteiger partial charge in [0.1, 0.15) is 17.5 Å². The van der Waals surface area contributed by atoms with Crippen molar-refractivity contribution in [2.24, 2.45) is 0 Å². The standard InChI is InChI=1S/C21H27NO3/c1-16(2)25-19-11-7-6-8-17(19)14-21(23,18-9-4-3-5-10-18)20-15-22-12-13-24-20/h3-11,16,20,22-23H,12-15H2,1-2H3/t20?,21-/m1/s1. The van der Waals surface area contributed by atoms with Crippen LogP contribution in [0.1, 0.15) is 25.0 Å². The Kier molecular flexibility index (Phi) is 5.74. The molecule has 2 atom stereocenters. The number of nitrogens with one attached hydrogen (secondary N) is 1. The largest absolute Gasteiger partial charge is 0.491 e. The Hall–Kier alpha value is -1.88. The predicted octanol–water partition coefficient (Wildman–Crippen LogP) is 2.89. The van der Waals surface area contributed by atoms with E-state index in [0.29, 0.717) is 19.6 Å². The summed E-state index contributed by atoms with van der Waals surface area (Å²) in [6.07, 6.45) is 0.209. The van der Waals surface area contributed by atoms with Crippen LogP contribution in [0.2, 0.25) is 0 Å². The second kappa shape index (κ2) is 8.00. The number of hydrogen-bond acceptors (Lipinski definition) is 4. The summed E-state index contributed by atoms with van der Waals surface area (Å²) in [6.45, 7) is 6.06. The molecule has 25 heavy (non-hydrogen) atoms. The van der Waals surface area contributed by atoms with E-state index in [1.54, 1.807) is 0 Å². The monoisotopic (exact) mass is 341 g/mol. The van der Waals surface area contributed by atoms with Gasteiger partial charge in [0.25, 0.3) is 0 Å². The molecule has 1 heterocycles. The first kappa shape index (κ1) is 17.9. The quantitative estimate of drug-likeness (QED) is 0.848. The molecule has 0 aromatic heterocycles. The molecule has 1 saturated heterocycles. The molecule has 0 saturated carbocycles. The van der Waals surface area contributed by atoms with Gasteiger partial charge in [-0.15, -0.1) is 0 Å². The van der Waals surface area contributed by atoms with E-state index in [-0.39, 0.29) is 12.2 Å². The van der Waals surface area contributed by atoms with Gasteiger partial charge in [-0.25, -0.2) is 0 Å². The van der Waals surface area contributed by atoms with Crippen molar-refractivity contribution in [1.29, 1.82) is 0 Å². The van der Waals surface area contributed by atoms with E-state index in [9.17, 15) is 5.11 Å². The fourth-order valence-corrected chi connectivity index (χ4v) is 3.31. The number of aliphatic hydroxyl groups is 1. The molecule has 2 aromatic rings. The molecule has 4 heteroatoms. The summed E-state index contributed by atoms with van der Waals surface area (Å²) >= 11 is 0. The molecule has 1 unspecified atom stereocenters. The molecule has 0 aliphatic carbocycles. The van der Waals surface area contributed by atoms with Crippen LogP contribution in [0, 0.1) is 0 Å². The molecule has 0 amide bonds. The fourth-order valence-electron chi connectivity index (χ4n) is 3.31. The summed E-state index contributed by atoms with van der Waals surface area (Å²) in [4.78, 5) is 0. The molecule has 4 nitrogen and oxygen atoms in total. The predicted molar refractivity (Wildman–Crippen MR) is 98.9 cm³/mol. The molecule has 2 N–H and O–H groups in total. The van der Waals surface area contributed by atoms with Gasteiger partial charge in [-0.1, -0.05) is 48.5 Å². The second-order valence-corrected chi connectivity index (χ2v) is 6.80. The number of ether oxygens (including phenoxy) is 2. The first-order chi connectivity index (χ1) is 12.1. The Balaban J connectivity index is 1.96. The highest BCUT2D eigenvalue weighted by atomic mass is 16.5.